The normalized spacial score (nSPS) is 9.68. The fourth-order valence-corrected chi connectivity index (χ4v) is 1.74. The van der Waals surface area contributed by atoms with Crippen molar-refractivity contribution in [1.29, 1.82) is 0 Å². The quantitative estimate of drug-likeness (QED) is 0.348. The van der Waals surface area contributed by atoms with Gasteiger partial charge in [-0.1, -0.05) is 13.3 Å². The fourth-order valence-electron chi connectivity index (χ4n) is 1.29. The number of nitrogens with zero attached hydrogens (tertiary/aromatic N) is 4. The maximum Gasteiger partial charge on any atom is 0.226 e. The van der Waals surface area contributed by atoms with Crippen LogP contribution in [0.25, 0.3) is 0 Å². The van der Waals surface area contributed by atoms with Gasteiger partial charge in [-0.15, -0.1) is 0 Å². The molecule has 120 valence electrons. The monoisotopic (exact) mass is 342 g/mol. The molecule has 0 fully saturated rings. The van der Waals surface area contributed by atoms with Crippen molar-refractivity contribution in [1.82, 2.24) is 29.9 Å². The van der Waals surface area contributed by atoms with Crippen LogP contribution in [0, 0.1) is 9.54 Å². The number of nitrogens with two attached hydrogens (primary N) is 3. The number of hydrogen-bond acceptors (Lipinski definition) is 10. The van der Waals surface area contributed by atoms with Crippen molar-refractivity contribution in [2.75, 3.05) is 29.1 Å². The highest BCUT2D eigenvalue weighted by Gasteiger charge is 1.94. The van der Waals surface area contributed by atoms with E-state index in [9.17, 15) is 0 Å². The molecule has 10 nitrogen and oxygen atoms in total. The van der Waals surface area contributed by atoms with Crippen molar-refractivity contribution in [2.45, 2.75) is 19.8 Å². The van der Waals surface area contributed by atoms with E-state index < -0.39 is 0 Å². The van der Waals surface area contributed by atoms with Crippen LogP contribution in [0.15, 0.2) is 0 Å². The molecule has 0 amide bonds. The molecule has 12 heteroatoms. The Labute approximate surface area is 137 Å². The molecule has 2 aromatic heterocycles. The number of aromatic amines is 2. The van der Waals surface area contributed by atoms with Crippen LogP contribution in [0.4, 0.5) is 23.8 Å². The van der Waals surface area contributed by atoms with E-state index in [-0.39, 0.29) is 17.8 Å². The smallest absolute Gasteiger partial charge is 0.226 e. The average Bonchev–Trinajstić information content (AvgIpc) is 2.36. The lowest BCUT2D eigenvalue weighted by atomic mass is 10.3. The molecular weight excluding hydrogens is 324 g/mol. The maximum absolute atomic E-state index is 5.14. The molecule has 0 aliphatic carbocycles. The SMILES string of the molecule is CCCCNc1nc(=S)[nH]c(=S)[nH]1.Nc1nc(N)nc(N)n1. The standard InChI is InChI=1S/C7H12N4S2.C3H6N6/c1-2-3-4-8-5-9-6(12)11-7(13)10-5;4-1-7-2(5)9-3(6)8-1/h2-4H2,1H3,(H3,8,9,10,11,12,13);(H6,4,5,6,7,8,9). The van der Waals surface area contributed by atoms with Crippen LogP contribution in [0.3, 0.4) is 0 Å². The molecule has 0 spiro atoms. The minimum Gasteiger partial charge on any atom is -0.368 e. The Kier molecular flexibility index (Phi) is 7.12. The minimum absolute atomic E-state index is 0.0417. The summed E-state index contributed by atoms with van der Waals surface area (Å²) in [6, 6.07) is 0. The topological polar surface area (TPSA) is 173 Å². The first-order chi connectivity index (χ1) is 10.4. The van der Waals surface area contributed by atoms with Gasteiger partial charge >= 0.3 is 0 Å². The zero-order valence-electron chi connectivity index (χ0n) is 12.0. The van der Waals surface area contributed by atoms with Gasteiger partial charge in [-0.25, -0.2) is 0 Å². The Hall–Kier alpha value is -2.34. The summed E-state index contributed by atoms with van der Waals surface area (Å²) < 4.78 is 0.904. The summed E-state index contributed by atoms with van der Waals surface area (Å²) in [6.45, 7) is 3.02. The molecule has 0 aromatic carbocycles. The van der Waals surface area contributed by atoms with Crippen molar-refractivity contribution in [3.05, 3.63) is 9.54 Å². The van der Waals surface area contributed by atoms with E-state index in [0.717, 1.165) is 19.4 Å². The number of nitrogens with one attached hydrogen (secondary N) is 3. The first-order valence-corrected chi connectivity index (χ1v) is 7.19. The molecule has 9 N–H and O–H groups in total. The Morgan fingerprint density at radius 1 is 0.955 bits per heavy atom. The van der Waals surface area contributed by atoms with Gasteiger partial charge in [0.05, 0.1) is 0 Å². The second-order valence-electron chi connectivity index (χ2n) is 4.04. The molecule has 2 rings (SSSR count). The van der Waals surface area contributed by atoms with Gasteiger partial charge in [0.1, 0.15) is 0 Å². The number of nitrogen functional groups attached to an aromatic ring is 3. The van der Waals surface area contributed by atoms with Crippen LogP contribution in [-0.2, 0) is 0 Å². The third-order valence-electron chi connectivity index (χ3n) is 2.18. The first-order valence-electron chi connectivity index (χ1n) is 6.37. The molecule has 0 aliphatic rings. The molecule has 0 aliphatic heterocycles. The third-order valence-corrected chi connectivity index (χ3v) is 2.57. The Morgan fingerprint density at radius 3 is 1.95 bits per heavy atom. The molecule has 0 unspecified atom stereocenters. The van der Waals surface area contributed by atoms with Crippen LogP contribution < -0.4 is 22.5 Å². The van der Waals surface area contributed by atoms with E-state index in [4.69, 9.17) is 41.6 Å². The van der Waals surface area contributed by atoms with Crippen LogP contribution >= 0.6 is 24.4 Å². The van der Waals surface area contributed by atoms with Crippen molar-refractivity contribution in [3.8, 4) is 0 Å². The predicted molar refractivity (Wildman–Crippen MR) is 91.1 cm³/mol. The lowest BCUT2D eigenvalue weighted by Gasteiger charge is -2.02. The van der Waals surface area contributed by atoms with Gasteiger partial charge in [0.15, 0.2) is 4.77 Å². The van der Waals surface area contributed by atoms with Gasteiger partial charge in [-0.05, 0) is 30.9 Å². The number of aromatic nitrogens is 6. The molecule has 0 radical (unpaired) electrons. The van der Waals surface area contributed by atoms with E-state index in [1.54, 1.807) is 0 Å². The molecule has 0 atom stereocenters. The number of rotatable bonds is 4. The van der Waals surface area contributed by atoms with Crippen molar-refractivity contribution >= 4 is 48.2 Å². The second kappa shape index (κ2) is 8.84. The third kappa shape index (κ3) is 6.90. The van der Waals surface area contributed by atoms with Crippen LogP contribution in [0.2, 0.25) is 0 Å². The zero-order valence-corrected chi connectivity index (χ0v) is 13.6. The maximum atomic E-state index is 5.14. The van der Waals surface area contributed by atoms with Gasteiger partial charge in [0.25, 0.3) is 0 Å². The lowest BCUT2D eigenvalue weighted by molar-refractivity contribution is 0.822. The highest BCUT2D eigenvalue weighted by atomic mass is 32.1. The fraction of sp³-hybridized carbons (Fsp3) is 0.400. The number of H-pyrrole nitrogens is 2. The van der Waals surface area contributed by atoms with Crippen LogP contribution in [-0.4, -0.2) is 36.4 Å². The van der Waals surface area contributed by atoms with Crippen molar-refractivity contribution in [2.24, 2.45) is 0 Å². The highest BCUT2D eigenvalue weighted by molar-refractivity contribution is 7.71. The molecule has 2 aromatic rings. The Morgan fingerprint density at radius 2 is 1.50 bits per heavy atom. The lowest BCUT2D eigenvalue weighted by Crippen LogP contribution is -2.05. The van der Waals surface area contributed by atoms with Crippen molar-refractivity contribution < 1.29 is 0 Å². The van der Waals surface area contributed by atoms with Gasteiger partial charge in [0, 0.05) is 6.54 Å². The van der Waals surface area contributed by atoms with Crippen LogP contribution in [0.1, 0.15) is 19.8 Å². The van der Waals surface area contributed by atoms with E-state index in [2.05, 4.69) is 42.1 Å². The van der Waals surface area contributed by atoms with E-state index >= 15 is 0 Å². The zero-order chi connectivity index (χ0) is 16.5. The van der Waals surface area contributed by atoms with E-state index in [0.29, 0.717) is 15.5 Å². The molecule has 0 saturated heterocycles. The molecule has 22 heavy (non-hydrogen) atoms. The Bertz CT molecular complexity index is 631. The first kappa shape index (κ1) is 17.7. The number of hydrogen-bond donors (Lipinski definition) is 6. The molecule has 2 heterocycles. The molecule has 0 bridgehead atoms. The highest BCUT2D eigenvalue weighted by Crippen LogP contribution is 1.97. The summed E-state index contributed by atoms with van der Waals surface area (Å²) in [5.74, 6) is 0.766. The number of anilines is 4. The Balaban J connectivity index is 0.000000235. The average molecular weight is 342 g/mol. The minimum atomic E-state index is 0.0417. The van der Waals surface area contributed by atoms with E-state index in [1.807, 2.05) is 0 Å². The van der Waals surface area contributed by atoms with E-state index in [1.165, 1.54) is 0 Å². The summed E-state index contributed by atoms with van der Waals surface area (Å²) >= 11 is 9.78. The van der Waals surface area contributed by atoms with Gasteiger partial charge in [0.2, 0.25) is 28.6 Å². The number of unbranched alkanes of at least 4 members (excludes halogenated alkanes) is 1. The van der Waals surface area contributed by atoms with Gasteiger partial charge in [-0.3, -0.25) is 0 Å². The predicted octanol–water partition coefficient (Wildman–Crippen LogP) is 1.03. The summed E-state index contributed by atoms with van der Waals surface area (Å²) in [6.07, 6.45) is 2.25. The molecule has 0 saturated carbocycles. The van der Waals surface area contributed by atoms with Gasteiger partial charge < -0.3 is 32.5 Å². The largest absolute Gasteiger partial charge is 0.368 e. The van der Waals surface area contributed by atoms with Crippen molar-refractivity contribution in [3.63, 3.8) is 0 Å². The second-order valence-corrected chi connectivity index (χ2v) is 4.83. The summed E-state index contributed by atoms with van der Waals surface area (Å²) in [5, 5.41) is 3.11. The molecular formula is C10H18N10S2. The summed E-state index contributed by atoms with van der Waals surface area (Å²) in [4.78, 5) is 20.1. The summed E-state index contributed by atoms with van der Waals surface area (Å²) in [7, 11) is 0. The summed E-state index contributed by atoms with van der Waals surface area (Å²) in [5.41, 5.74) is 15.4. The van der Waals surface area contributed by atoms with Crippen LogP contribution in [0.5, 0.6) is 0 Å². The van der Waals surface area contributed by atoms with Gasteiger partial charge in [-0.2, -0.15) is 19.9 Å².